The number of carbonyl (C=O) groups is 4. The Hall–Kier alpha value is -4.80. The quantitative estimate of drug-likeness (QED) is 0.0169. The van der Waals surface area contributed by atoms with E-state index < -0.39 is 97.5 Å². The molecule has 19 heteroatoms. The molecule has 0 saturated carbocycles. The molecule has 5 unspecified atom stereocenters. The maximum absolute atomic E-state index is 13.1. The highest BCUT2D eigenvalue weighted by atomic mass is 31.2. The third-order valence-corrected chi connectivity index (χ3v) is 17.5. The zero-order chi connectivity index (χ0) is 73.2. The number of phosphoric ester groups is 2. The van der Waals surface area contributed by atoms with Crippen LogP contribution in [-0.2, 0) is 65.4 Å². The van der Waals surface area contributed by atoms with E-state index in [9.17, 15) is 43.2 Å². The van der Waals surface area contributed by atoms with Gasteiger partial charge < -0.3 is 33.8 Å². The minimum absolute atomic E-state index is 0.0629. The van der Waals surface area contributed by atoms with Crippen molar-refractivity contribution in [2.75, 3.05) is 39.6 Å². The molecule has 0 rings (SSSR count). The number of aliphatic hydroxyl groups excluding tert-OH is 1. The van der Waals surface area contributed by atoms with Gasteiger partial charge in [-0.15, -0.1) is 0 Å². The average molecular weight is 1440 g/mol. The van der Waals surface area contributed by atoms with Crippen molar-refractivity contribution in [2.45, 2.75) is 316 Å². The summed E-state index contributed by atoms with van der Waals surface area (Å²) in [5.74, 6) is -2.26. The summed E-state index contributed by atoms with van der Waals surface area (Å²) in [6.07, 6.45) is 80.1. The predicted octanol–water partition coefficient (Wildman–Crippen LogP) is 22.1. The Morgan fingerprint density at radius 1 is 0.290 bits per heavy atom. The van der Waals surface area contributed by atoms with E-state index in [4.69, 9.17) is 37.0 Å². The summed E-state index contributed by atoms with van der Waals surface area (Å²) in [5.41, 5.74) is 0. The van der Waals surface area contributed by atoms with Crippen molar-refractivity contribution in [2.24, 2.45) is 0 Å². The van der Waals surface area contributed by atoms with Crippen LogP contribution in [0.1, 0.15) is 297 Å². The minimum atomic E-state index is -4.99. The third kappa shape index (κ3) is 71.6. The molecule has 100 heavy (non-hydrogen) atoms. The molecule has 0 radical (unpaired) electrons. The Balaban J connectivity index is 5.40. The van der Waals surface area contributed by atoms with Gasteiger partial charge in [-0.05, 0) is 154 Å². The second-order valence-corrected chi connectivity index (χ2v) is 28.1. The number of esters is 4. The van der Waals surface area contributed by atoms with E-state index >= 15 is 0 Å². The molecule has 5 atom stereocenters. The summed E-state index contributed by atoms with van der Waals surface area (Å²) in [4.78, 5) is 72.9. The van der Waals surface area contributed by atoms with Crippen molar-refractivity contribution in [3.63, 3.8) is 0 Å². The molecule has 572 valence electrons. The zero-order valence-corrected chi connectivity index (χ0v) is 64.1. The Morgan fingerprint density at radius 3 is 0.830 bits per heavy atom. The molecular formula is C81H136O17P2. The SMILES string of the molecule is CC/C=C\C/C=C\C/C=C\C/C=C\CCCCC(=O)OCC(COP(=O)(O)OCC(O)COP(=O)(O)OCC(COC(=O)CCCCCCCCC/C=C\C/C=C\C/C=C\CC)OC(=O)CCCCCCC/C=C\CCCCCC)OC(=O)CCCCCCC/C=C\C/C=C\C/C=C\CC. The van der Waals surface area contributed by atoms with Crippen molar-refractivity contribution in [1.29, 1.82) is 0 Å². The van der Waals surface area contributed by atoms with E-state index in [1.54, 1.807) is 0 Å². The summed E-state index contributed by atoms with van der Waals surface area (Å²) in [7, 11) is -9.98. The highest BCUT2D eigenvalue weighted by Crippen LogP contribution is 2.45. The number of phosphoric acid groups is 2. The van der Waals surface area contributed by atoms with Crippen molar-refractivity contribution < 1.29 is 80.2 Å². The first-order chi connectivity index (χ1) is 48.7. The second-order valence-electron chi connectivity index (χ2n) is 25.1. The number of hydrogen-bond donors (Lipinski definition) is 3. The van der Waals surface area contributed by atoms with Crippen molar-refractivity contribution in [3.05, 3.63) is 134 Å². The molecule has 0 aliphatic carbocycles. The van der Waals surface area contributed by atoms with Crippen molar-refractivity contribution in [1.82, 2.24) is 0 Å². The number of hydrogen-bond acceptors (Lipinski definition) is 15. The molecule has 0 aromatic rings. The van der Waals surface area contributed by atoms with Gasteiger partial charge in [0.05, 0.1) is 26.4 Å². The Labute approximate surface area is 605 Å². The summed E-state index contributed by atoms with van der Waals surface area (Å²) >= 11 is 0. The number of rotatable bonds is 71. The van der Waals surface area contributed by atoms with Crippen LogP contribution in [0.3, 0.4) is 0 Å². The lowest BCUT2D eigenvalue weighted by molar-refractivity contribution is -0.161. The molecule has 0 spiro atoms. The van der Waals surface area contributed by atoms with Crippen LogP contribution in [0.15, 0.2) is 134 Å². The molecule has 0 aromatic heterocycles. The van der Waals surface area contributed by atoms with Crippen LogP contribution in [0.2, 0.25) is 0 Å². The van der Waals surface area contributed by atoms with Crippen LogP contribution < -0.4 is 0 Å². The summed E-state index contributed by atoms with van der Waals surface area (Å²) in [6, 6.07) is 0. The van der Waals surface area contributed by atoms with Crippen LogP contribution in [0.4, 0.5) is 0 Å². The molecule has 0 heterocycles. The smallest absolute Gasteiger partial charge is 0.462 e. The van der Waals surface area contributed by atoms with Gasteiger partial charge in [-0.3, -0.25) is 37.3 Å². The molecule has 0 fully saturated rings. The molecule has 3 N–H and O–H groups in total. The highest BCUT2D eigenvalue weighted by Gasteiger charge is 2.30. The first-order valence-electron chi connectivity index (χ1n) is 38.4. The largest absolute Gasteiger partial charge is 0.472 e. The van der Waals surface area contributed by atoms with Crippen LogP contribution in [0, 0.1) is 0 Å². The third-order valence-electron chi connectivity index (χ3n) is 15.6. The fourth-order valence-corrected chi connectivity index (χ4v) is 11.4. The molecule has 0 aliphatic rings. The Bertz CT molecular complexity index is 2420. The van der Waals surface area contributed by atoms with E-state index in [0.29, 0.717) is 25.7 Å². The van der Waals surface area contributed by atoms with Gasteiger partial charge >= 0.3 is 39.5 Å². The van der Waals surface area contributed by atoms with Gasteiger partial charge in [-0.1, -0.05) is 251 Å². The molecular weight excluding hydrogens is 1310 g/mol. The molecule has 0 aliphatic heterocycles. The average Bonchev–Trinajstić information content (AvgIpc) is 0.988. The number of carbonyl (C=O) groups excluding carboxylic acids is 4. The molecule has 17 nitrogen and oxygen atoms in total. The first kappa shape index (κ1) is 95.2. The number of ether oxygens (including phenoxy) is 4. The normalized spacial score (nSPS) is 14.7. The van der Waals surface area contributed by atoms with E-state index in [2.05, 4.69) is 161 Å². The van der Waals surface area contributed by atoms with Gasteiger partial charge in [0.25, 0.3) is 0 Å². The van der Waals surface area contributed by atoms with E-state index in [-0.39, 0.29) is 25.7 Å². The Morgan fingerprint density at radius 2 is 0.520 bits per heavy atom. The summed E-state index contributed by atoms with van der Waals surface area (Å²) in [6.45, 7) is 4.43. The molecule has 0 saturated heterocycles. The van der Waals surface area contributed by atoms with Gasteiger partial charge in [0.1, 0.15) is 19.3 Å². The molecule has 0 aromatic carbocycles. The standard InChI is InChI=1S/C81H136O17P2/c1-5-9-13-17-21-25-29-33-36-37-40-43-46-50-54-58-62-66-79(84)92-71-76(97-80(85)67-63-59-55-51-47-41-32-28-24-20-16-12-8-4)73-95-99(87,88)93-69-75(82)70-94-100(89,90)96-74-77(98-81(86)68-64-60-56-52-48-44-39-35-31-27-23-19-15-11-7-3)72-91-78(83)65-61-57-53-49-45-42-38-34-30-26-22-18-14-10-6-2/h9-11,13-15,21-23,25-28,32-36,38-39,45,49,75-77,82H,5-8,12,16-20,24,29-31,37,40-44,46-48,50-74H2,1-4H3,(H,87,88)(H,89,90)/b13-9-,14-10-,15-11-,25-21-,26-22-,27-23-,32-28-,36-33-,38-34-,39-35-,49-45-. The van der Waals surface area contributed by atoms with Gasteiger partial charge in [0.2, 0.25) is 0 Å². The fraction of sp³-hybridized carbons (Fsp3) is 0.679. The van der Waals surface area contributed by atoms with Crippen LogP contribution in [0.25, 0.3) is 0 Å². The van der Waals surface area contributed by atoms with E-state index in [1.165, 1.54) is 25.7 Å². The lowest BCUT2D eigenvalue weighted by Crippen LogP contribution is -2.30. The molecule has 0 amide bonds. The van der Waals surface area contributed by atoms with Gasteiger partial charge in [0, 0.05) is 25.7 Å². The van der Waals surface area contributed by atoms with Gasteiger partial charge in [0.15, 0.2) is 12.2 Å². The second kappa shape index (κ2) is 72.5. The van der Waals surface area contributed by atoms with Gasteiger partial charge in [-0.2, -0.15) is 0 Å². The summed E-state index contributed by atoms with van der Waals surface area (Å²) < 4.78 is 68.4. The van der Waals surface area contributed by atoms with Crippen molar-refractivity contribution >= 4 is 39.5 Å². The number of aliphatic hydroxyl groups is 1. The van der Waals surface area contributed by atoms with Crippen LogP contribution in [-0.4, -0.2) is 96.7 Å². The lowest BCUT2D eigenvalue weighted by Gasteiger charge is -2.21. The first-order valence-corrected chi connectivity index (χ1v) is 41.4. The summed E-state index contributed by atoms with van der Waals surface area (Å²) in [5, 5.41) is 10.6. The predicted molar refractivity (Wildman–Crippen MR) is 408 cm³/mol. The zero-order valence-electron chi connectivity index (χ0n) is 62.3. The van der Waals surface area contributed by atoms with Crippen LogP contribution in [0.5, 0.6) is 0 Å². The molecule has 0 bridgehead atoms. The Kier molecular flexibility index (Phi) is 69.1. The topological polar surface area (TPSA) is 237 Å². The highest BCUT2D eigenvalue weighted by molar-refractivity contribution is 7.47. The van der Waals surface area contributed by atoms with Crippen LogP contribution >= 0.6 is 15.6 Å². The monoisotopic (exact) mass is 1440 g/mol. The van der Waals surface area contributed by atoms with E-state index in [0.717, 1.165) is 193 Å². The maximum atomic E-state index is 13.1. The van der Waals surface area contributed by atoms with Crippen molar-refractivity contribution in [3.8, 4) is 0 Å². The number of allylic oxidation sites excluding steroid dienone is 22. The van der Waals surface area contributed by atoms with E-state index in [1.807, 2.05) is 0 Å². The maximum Gasteiger partial charge on any atom is 0.472 e. The fourth-order valence-electron chi connectivity index (χ4n) is 9.82. The minimum Gasteiger partial charge on any atom is -0.462 e. The van der Waals surface area contributed by atoms with Gasteiger partial charge in [-0.25, -0.2) is 9.13 Å². The lowest BCUT2D eigenvalue weighted by atomic mass is 10.1. The number of unbranched alkanes of at least 4 members (excludes halogenated alkanes) is 23.